The van der Waals surface area contributed by atoms with Gasteiger partial charge in [-0.1, -0.05) is 6.07 Å². The highest BCUT2D eigenvalue weighted by Crippen LogP contribution is 2.30. The zero-order valence-corrected chi connectivity index (χ0v) is 11.7. The van der Waals surface area contributed by atoms with Gasteiger partial charge in [-0.05, 0) is 31.5 Å². The van der Waals surface area contributed by atoms with Crippen molar-refractivity contribution in [3.8, 4) is 11.5 Å². The SMILES string of the molecule is CCOc1ccc(C(O)COCC(=O)O)cc1OCC. The van der Waals surface area contributed by atoms with Crippen molar-refractivity contribution in [1.29, 1.82) is 0 Å². The van der Waals surface area contributed by atoms with Gasteiger partial charge in [-0.25, -0.2) is 4.79 Å². The molecule has 0 saturated carbocycles. The molecule has 0 bridgehead atoms. The van der Waals surface area contributed by atoms with Crippen LogP contribution in [0.5, 0.6) is 11.5 Å². The van der Waals surface area contributed by atoms with Crippen LogP contribution in [0.3, 0.4) is 0 Å². The molecule has 0 radical (unpaired) electrons. The number of aliphatic hydroxyl groups is 1. The summed E-state index contributed by atoms with van der Waals surface area (Å²) in [6.45, 7) is 4.20. The van der Waals surface area contributed by atoms with Crippen LogP contribution < -0.4 is 9.47 Å². The van der Waals surface area contributed by atoms with Crippen molar-refractivity contribution in [2.24, 2.45) is 0 Å². The average Bonchev–Trinajstić information content (AvgIpc) is 2.40. The third-order valence-electron chi connectivity index (χ3n) is 2.45. The molecule has 0 fully saturated rings. The van der Waals surface area contributed by atoms with Crippen LogP contribution in [-0.4, -0.2) is 42.6 Å². The van der Waals surface area contributed by atoms with Crippen LogP contribution in [-0.2, 0) is 9.53 Å². The number of carboxylic acids is 1. The molecule has 1 rings (SSSR count). The van der Waals surface area contributed by atoms with Crippen LogP contribution in [0.25, 0.3) is 0 Å². The molecule has 0 saturated heterocycles. The second-order valence-corrected chi connectivity index (χ2v) is 4.00. The third kappa shape index (κ3) is 5.07. The van der Waals surface area contributed by atoms with Gasteiger partial charge >= 0.3 is 5.97 Å². The Hall–Kier alpha value is -1.79. The van der Waals surface area contributed by atoms with Crippen LogP contribution >= 0.6 is 0 Å². The van der Waals surface area contributed by atoms with E-state index < -0.39 is 18.7 Å². The Balaban J connectivity index is 2.73. The molecule has 6 nitrogen and oxygen atoms in total. The van der Waals surface area contributed by atoms with Crippen molar-refractivity contribution >= 4 is 5.97 Å². The molecular weight excluding hydrogens is 264 g/mol. The minimum Gasteiger partial charge on any atom is -0.490 e. The summed E-state index contributed by atoms with van der Waals surface area (Å²) in [5, 5.41) is 18.4. The predicted molar refractivity (Wildman–Crippen MR) is 72.2 cm³/mol. The Labute approximate surface area is 117 Å². The second-order valence-electron chi connectivity index (χ2n) is 4.00. The number of aliphatic hydroxyl groups excluding tert-OH is 1. The predicted octanol–water partition coefficient (Wildman–Crippen LogP) is 1.62. The maximum atomic E-state index is 10.3. The first-order valence-corrected chi connectivity index (χ1v) is 6.45. The van der Waals surface area contributed by atoms with Gasteiger partial charge in [0, 0.05) is 0 Å². The normalized spacial score (nSPS) is 11.9. The Morgan fingerprint density at radius 3 is 2.45 bits per heavy atom. The number of hydrogen-bond acceptors (Lipinski definition) is 5. The van der Waals surface area contributed by atoms with Crippen molar-refractivity contribution in [2.45, 2.75) is 20.0 Å². The van der Waals surface area contributed by atoms with Gasteiger partial charge in [-0.3, -0.25) is 0 Å². The first kappa shape index (κ1) is 16.3. The minimum absolute atomic E-state index is 0.0914. The van der Waals surface area contributed by atoms with E-state index in [0.717, 1.165) is 0 Å². The number of rotatable bonds is 9. The van der Waals surface area contributed by atoms with E-state index in [-0.39, 0.29) is 6.61 Å². The maximum Gasteiger partial charge on any atom is 0.329 e. The van der Waals surface area contributed by atoms with E-state index in [1.807, 2.05) is 13.8 Å². The number of carbonyl (C=O) groups is 1. The molecule has 1 aromatic carbocycles. The molecule has 0 heterocycles. The zero-order valence-electron chi connectivity index (χ0n) is 11.7. The Morgan fingerprint density at radius 2 is 1.85 bits per heavy atom. The van der Waals surface area contributed by atoms with Crippen LogP contribution in [0.2, 0.25) is 0 Å². The van der Waals surface area contributed by atoms with Gasteiger partial charge in [-0.15, -0.1) is 0 Å². The third-order valence-corrected chi connectivity index (χ3v) is 2.45. The quantitative estimate of drug-likeness (QED) is 0.716. The molecule has 0 aliphatic carbocycles. The minimum atomic E-state index is -1.07. The van der Waals surface area contributed by atoms with E-state index in [2.05, 4.69) is 0 Å². The van der Waals surface area contributed by atoms with Crippen molar-refractivity contribution < 1.29 is 29.2 Å². The summed E-state index contributed by atoms with van der Waals surface area (Å²) in [6, 6.07) is 5.08. The average molecular weight is 284 g/mol. The highest BCUT2D eigenvalue weighted by Gasteiger charge is 2.13. The fourth-order valence-corrected chi connectivity index (χ4v) is 1.63. The Bertz CT molecular complexity index is 432. The molecule has 6 heteroatoms. The van der Waals surface area contributed by atoms with E-state index in [0.29, 0.717) is 30.3 Å². The second kappa shape index (κ2) is 8.39. The fourth-order valence-electron chi connectivity index (χ4n) is 1.63. The molecular formula is C14H20O6. The summed E-state index contributed by atoms with van der Waals surface area (Å²) in [4.78, 5) is 10.3. The number of benzene rings is 1. The van der Waals surface area contributed by atoms with Crippen LogP contribution in [0.4, 0.5) is 0 Å². The number of aliphatic carboxylic acids is 1. The van der Waals surface area contributed by atoms with E-state index in [1.54, 1.807) is 18.2 Å². The molecule has 1 unspecified atom stereocenters. The first-order chi connectivity index (χ1) is 9.58. The standard InChI is InChI=1S/C14H20O6/c1-3-19-12-6-5-10(7-13(12)20-4-2)11(15)8-18-9-14(16)17/h5-7,11,15H,3-4,8-9H2,1-2H3,(H,16,17). The van der Waals surface area contributed by atoms with Gasteiger partial charge in [-0.2, -0.15) is 0 Å². The van der Waals surface area contributed by atoms with Gasteiger partial charge in [0.05, 0.1) is 19.8 Å². The van der Waals surface area contributed by atoms with Gasteiger partial charge in [0.25, 0.3) is 0 Å². The maximum absolute atomic E-state index is 10.3. The van der Waals surface area contributed by atoms with E-state index >= 15 is 0 Å². The number of carboxylic acid groups (broad SMARTS) is 1. The summed E-state index contributed by atoms with van der Waals surface area (Å²) in [5.41, 5.74) is 0.585. The lowest BCUT2D eigenvalue weighted by atomic mass is 10.1. The number of ether oxygens (including phenoxy) is 3. The molecule has 112 valence electrons. The van der Waals surface area contributed by atoms with Gasteiger partial charge in [0.1, 0.15) is 12.7 Å². The fraction of sp³-hybridized carbons (Fsp3) is 0.500. The van der Waals surface area contributed by atoms with Crippen LogP contribution in [0, 0.1) is 0 Å². The molecule has 0 aromatic heterocycles. The van der Waals surface area contributed by atoms with E-state index in [4.69, 9.17) is 19.3 Å². The summed E-state index contributed by atoms with van der Waals surface area (Å²) in [5.74, 6) is 0.0831. The van der Waals surface area contributed by atoms with Gasteiger partial charge in [0.15, 0.2) is 11.5 Å². The molecule has 1 atom stereocenters. The molecule has 2 N–H and O–H groups in total. The molecule has 1 aromatic rings. The smallest absolute Gasteiger partial charge is 0.329 e. The van der Waals surface area contributed by atoms with Crippen molar-refractivity contribution in [3.63, 3.8) is 0 Å². The summed E-state index contributed by atoms with van der Waals surface area (Å²) in [6.07, 6.45) is -0.913. The number of hydrogen-bond donors (Lipinski definition) is 2. The monoisotopic (exact) mass is 284 g/mol. The van der Waals surface area contributed by atoms with Crippen molar-refractivity contribution in [2.75, 3.05) is 26.4 Å². The molecule has 20 heavy (non-hydrogen) atoms. The largest absolute Gasteiger partial charge is 0.490 e. The lowest BCUT2D eigenvalue weighted by Gasteiger charge is -2.15. The molecule has 0 aliphatic rings. The lowest BCUT2D eigenvalue weighted by Crippen LogP contribution is -2.13. The zero-order chi connectivity index (χ0) is 15.0. The summed E-state index contributed by atoms with van der Waals surface area (Å²) >= 11 is 0. The summed E-state index contributed by atoms with van der Waals surface area (Å²) < 4.78 is 15.7. The highest BCUT2D eigenvalue weighted by atomic mass is 16.5. The lowest BCUT2D eigenvalue weighted by molar-refractivity contribution is -0.143. The van der Waals surface area contributed by atoms with Crippen molar-refractivity contribution in [1.82, 2.24) is 0 Å². The van der Waals surface area contributed by atoms with Crippen LogP contribution in [0.15, 0.2) is 18.2 Å². The van der Waals surface area contributed by atoms with Gasteiger partial charge < -0.3 is 24.4 Å². The Morgan fingerprint density at radius 1 is 1.20 bits per heavy atom. The molecule has 0 amide bonds. The van der Waals surface area contributed by atoms with Crippen LogP contribution in [0.1, 0.15) is 25.5 Å². The Kier molecular flexibility index (Phi) is 6.83. The topological polar surface area (TPSA) is 85.2 Å². The van der Waals surface area contributed by atoms with Gasteiger partial charge in [0.2, 0.25) is 0 Å². The highest BCUT2D eigenvalue weighted by molar-refractivity contribution is 5.67. The van der Waals surface area contributed by atoms with E-state index in [1.165, 1.54) is 0 Å². The van der Waals surface area contributed by atoms with Crippen molar-refractivity contribution in [3.05, 3.63) is 23.8 Å². The molecule has 0 spiro atoms. The summed E-state index contributed by atoms with van der Waals surface area (Å²) in [7, 11) is 0. The van der Waals surface area contributed by atoms with E-state index in [9.17, 15) is 9.90 Å². The molecule has 0 aliphatic heterocycles. The first-order valence-electron chi connectivity index (χ1n) is 6.45.